The number of unbranched alkanes of at least 4 members (excludes halogenated alkanes) is 1. The minimum absolute atomic E-state index is 0.319. The second-order valence-electron chi connectivity index (χ2n) is 7.29. The fourth-order valence-electron chi connectivity index (χ4n) is 3.20. The number of rotatable bonds is 11. The van der Waals surface area contributed by atoms with Crippen molar-refractivity contribution in [2.75, 3.05) is 13.2 Å². The van der Waals surface area contributed by atoms with Gasteiger partial charge in [0.05, 0.1) is 30.1 Å². The number of aliphatic carboxylic acids is 1. The molecule has 11 nitrogen and oxygen atoms in total. The zero-order valence-electron chi connectivity index (χ0n) is 15.9. The van der Waals surface area contributed by atoms with Gasteiger partial charge in [-0.25, -0.2) is 4.79 Å². The molecular weight excluding hydrogens is 376 g/mol. The van der Waals surface area contributed by atoms with Gasteiger partial charge in [0, 0.05) is 12.8 Å². The molecule has 0 aromatic heterocycles. The average molecular weight is 408 g/mol. The van der Waals surface area contributed by atoms with Crippen molar-refractivity contribution in [3.05, 3.63) is 0 Å². The summed E-state index contributed by atoms with van der Waals surface area (Å²) >= 11 is 0. The van der Waals surface area contributed by atoms with E-state index in [-0.39, 0.29) is 12.3 Å². The van der Waals surface area contributed by atoms with Crippen molar-refractivity contribution >= 4 is 11.9 Å². The lowest BCUT2D eigenvalue weighted by Crippen LogP contribution is -2.60. The summed E-state index contributed by atoms with van der Waals surface area (Å²) in [5.74, 6) is -6.40. The van der Waals surface area contributed by atoms with Crippen LogP contribution in [0, 0.1) is 11.8 Å². The maximum absolute atomic E-state index is 11.9. The van der Waals surface area contributed by atoms with E-state index in [2.05, 4.69) is 0 Å². The van der Waals surface area contributed by atoms with E-state index in [1.807, 2.05) is 0 Å². The van der Waals surface area contributed by atoms with Gasteiger partial charge in [0.15, 0.2) is 0 Å². The number of ether oxygens (including phenoxy) is 2. The van der Waals surface area contributed by atoms with Crippen LogP contribution in [0.1, 0.15) is 39.0 Å². The highest BCUT2D eigenvalue weighted by atomic mass is 16.7. The van der Waals surface area contributed by atoms with Crippen molar-refractivity contribution < 1.29 is 44.6 Å². The number of hydrogen-bond acceptors (Lipinski definition) is 10. The molecule has 1 saturated heterocycles. The van der Waals surface area contributed by atoms with Crippen LogP contribution in [0.15, 0.2) is 0 Å². The van der Waals surface area contributed by atoms with Crippen LogP contribution in [0.25, 0.3) is 0 Å². The maximum atomic E-state index is 11.9. The molecule has 0 aromatic carbocycles. The molecule has 0 saturated carbocycles. The van der Waals surface area contributed by atoms with Gasteiger partial charge in [-0.15, -0.1) is 0 Å². The molecule has 1 heterocycles. The topological polar surface area (TPSA) is 206 Å². The molecule has 1 rings (SSSR count). The van der Waals surface area contributed by atoms with Gasteiger partial charge < -0.3 is 46.5 Å². The monoisotopic (exact) mass is 408 g/mol. The number of carboxylic acid groups (broad SMARTS) is 1. The Morgan fingerprint density at radius 3 is 2.50 bits per heavy atom. The highest BCUT2D eigenvalue weighted by Crippen LogP contribution is 2.35. The smallest absolute Gasteiger partial charge is 0.364 e. The largest absolute Gasteiger partial charge is 0.477 e. The van der Waals surface area contributed by atoms with E-state index in [1.54, 1.807) is 6.92 Å². The lowest BCUT2D eigenvalue weighted by atomic mass is 9.83. The number of carbonyl (C=O) groups excluding carboxylic acids is 1. The number of aliphatic hydroxyl groups excluding tert-OH is 3. The van der Waals surface area contributed by atoms with Crippen LogP contribution >= 0.6 is 0 Å². The molecule has 11 heteroatoms. The SMILES string of the molecule is C[C@H](CCCCN)C(=O)OC[C@@H](O)CC1OC(O)(C(=O)O)CC(O)C1[C@@H](N)O. The highest BCUT2D eigenvalue weighted by Gasteiger charge is 2.52. The first-order valence-corrected chi connectivity index (χ1v) is 9.32. The molecule has 164 valence electrons. The second-order valence-corrected chi connectivity index (χ2v) is 7.29. The van der Waals surface area contributed by atoms with Crippen LogP contribution in [0.5, 0.6) is 0 Å². The predicted molar refractivity (Wildman–Crippen MR) is 95.4 cm³/mol. The Balaban J connectivity index is 2.64. The molecule has 0 aliphatic carbocycles. The van der Waals surface area contributed by atoms with Gasteiger partial charge >= 0.3 is 11.9 Å². The van der Waals surface area contributed by atoms with Crippen molar-refractivity contribution in [2.45, 2.75) is 69.4 Å². The third kappa shape index (κ3) is 6.92. The third-order valence-corrected chi connectivity index (χ3v) is 4.85. The Morgan fingerprint density at radius 2 is 1.96 bits per heavy atom. The predicted octanol–water partition coefficient (Wildman–Crippen LogP) is -2.14. The quantitative estimate of drug-likeness (QED) is 0.111. The molecule has 0 bridgehead atoms. The normalized spacial score (nSPS) is 31.0. The van der Waals surface area contributed by atoms with E-state index < -0.39 is 61.2 Å². The number of hydrogen-bond donors (Lipinski definition) is 7. The third-order valence-electron chi connectivity index (χ3n) is 4.85. The first-order valence-electron chi connectivity index (χ1n) is 9.32. The van der Waals surface area contributed by atoms with Gasteiger partial charge in [-0.05, 0) is 19.4 Å². The Kier molecular flexibility index (Phi) is 9.70. The number of esters is 1. The van der Waals surface area contributed by atoms with Crippen molar-refractivity contribution in [3.8, 4) is 0 Å². The summed E-state index contributed by atoms with van der Waals surface area (Å²) < 4.78 is 10.2. The molecule has 1 aliphatic heterocycles. The van der Waals surface area contributed by atoms with Gasteiger partial charge in [-0.2, -0.15) is 0 Å². The summed E-state index contributed by atoms with van der Waals surface area (Å²) in [6, 6.07) is 0. The fourth-order valence-corrected chi connectivity index (χ4v) is 3.20. The number of aliphatic hydroxyl groups is 4. The molecule has 0 aromatic rings. The summed E-state index contributed by atoms with van der Waals surface area (Å²) in [6.07, 6.45) is -4.46. The first kappa shape index (κ1) is 24.7. The summed E-state index contributed by atoms with van der Waals surface area (Å²) in [5.41, 5.74) is 10.8. The average Bonchev–Trinajstić information content (AvgIpc) is 2.58. The minimum atomic E-state index is -2.68. The minimum Gasteiger partial charge on any atom is -0.477 e. The highest BCUT2D eigenvalue weighted by molar-refractivity contribution is 5.75. The molecular formula is C17H32N2O9. The number of carbonyl (C=O) groups is 2. The zero-order chi connectivity index (χ0) is 21.5. The van der Waals surface area contributed by atoms with Crippen molar-refractivity contribution in [1.29, 1.82) is 0 Å². The molecule has 0 radical (unpaired) electrons. The summed E-state index contributed by atoms with van der Waals surface area (Å²) in [4.78, 5) is 23.1. The van der Waals surface area contributed by atoms with Gasteiger partial charge in [-0.1, -0.05) is 13.3 Å². The van der Waals surface area contributed by atoms with E-state index in [4.69, 9.17) is 26.0 Å². The van der Waals surface area contributed by atoms with Crippen molar-refractivity contribution in [3.63, 3.8) is 0 Å². The fraction of sp³-hybridized carbons (Fsp3) is 0.882. The van der Waals surface area contributed by atoms with E-state index >= 15 is 0 Å². The van der Waals surface area contributed by atoms with Crippen molar-refractivity contribution in [2.24, 2.45) is 23.3 Å². The first-order chi connectivity index (χ1) is 13.0. The standard InChI is InChI=1S/C17H32N2O9/c1-9(4-2-3-5-18)15(23)27-8-10(20)6-12-13(14(19)22)11(21)7-17(26,28-12)16(24)25/h9-14,20-22,26H,2-8,18-19H2,1H3,(H,24,25)/t9-,10+,11?,12?,13?,14+,17?/m1/s1. The lowest BCUT2D eigenvalue weighted by molar-refractivity contribution is -0.296. The Hall–Kier alpha value is -1.34. The van der Waals surface area contributed by atoms with Gasteiger partial charge in [-0.3, -0.25) is 4.79 Å². The zero-order valence-corrected chi connectivity index (χ0v) is 15.9. The molecule has 1 aliphatic rings. The molecule has 4 unspecified atom stereocenters. The van der Waals surface area contributed by atoms with Crippen LogP contribution < -0.4 is 11.5 Å². The van der Waals surface area contributed by atoms with Crippen LogP contribution in [-0.4, -0.2) is 80.9 Å². The van der Waals surface area contributed by atoms with Crippen molar-refractivity contribution in [1.82, 2.24) is 0 Å². The van der Waals surface area contributed by atoms with Crippen LogP contribution in [0.4, 0.5) is 0 Å². The summed E-state index contributed by atoms with van der Waals surface area (Å²) in [7, 11) is 0. The van der Waals surface area contributed by atoms with Crippen LogP contribution in [-0.2, 0) is 19.1 Å². The van der Waals surface area contributed by atoms with E-state index in [0.717, 1.165) is 12.8 Å². The number of carboxylic acids is 1. The molecule has 1 fully saturated rings. The molecule has 28 heavy (non-hydrogen) atoms. The van der Waals surface area contributed by atoms with Gasteiger partial charge in [0.2, 0.25) is 0 Å². The van der Waals surface area contributed by atoms with E-state index in [0.29, 0.717) is 13.0 Å². The van der Waals surface area contributed by atoms with Gasteiger partial charge in [0.1, 0.15) is 12.8 Å². The van der Waals surface area contributed by atoms with E-state index in [1.165, 1.54) is 0 Å². The summed E-state index contributed by atoms with van der Waals surface area (Å²) in [5, 5.41) is 49.0. The molecule has 9 N–H and O–H groups in total. The van der Waals surface area contributed by atoms with Gasteiger partial charge in [0.25, 0.3) is 5.79 Å². The number of nitrogens with two attached hydrogens (primary N) is 2. The van der Waals surface area contributed by atoms with E-state index in [9.17, 15) is 30.0 Å². The van der Waals surface area contributed by atoms with Crippen LogP contribution in [0.3, 0.4) is 0 Å². The Labute approximate surface area is 163 Å². The summed E-state index contributed by atoms with van der Waals surface area (Å²) in [6.45, 7) is 1.83. The molecule has 7 atom stereocenters. The maximum Gasteiger partial charge on any atom is 0.364 e. The lowest BCUT2D eigenvalue weighted by Gasteiger charge is -2.43. The Morgan fingerprint density at radius 1 is 1.32 bits per heavy atom. The van der Waals surface area contributed by atoms with Crippen LogP contribution in [0.2, 0.25) is 0 Å². The molecule has 0 spiro atoms. The second kappa shape index (κ2) is 11.0. The molecule has 0 amide bonds. The Bertz CT molecular complexity index is 519.